The topological polar surface area (TPSA) is 79.4 Å². The van der Waals surface area contributed by atoms with Gasteiger partial charge in [0.15, 0.2) is 5.13 Å². The van der Waals surface area contributed by atoms with Crippen molar-refractivity contribution in [2.45, 2.75) is 13.3 Å². The number of imide groups is 1. The highest BCUT2D eigenvalue weighted by atomic mass is 32.1. The Hall–Kier alpha value is -3.06. The molecule has 1 aromatic heterocycles. The van der Waals surface area contributed by atoms with E-state index in [1.165, 1.54) is 11.3 Å². The molecule has 6 nitrogen and oxygen atoms in total. The quantitative estimate of drug-likeness (QED) is 0.724. The van der Waals surface area contributed by atoms with E-state index in [-0.39, 0.29) is 18.9 Å². The maximum atomic E-state index is 12.5. The Morgan fingerprint density at radius 1 is 1.19 bits per heavy atom. The summed E-state index contributed by atoms with van der Waals surface area (Å²) >= 11 is 1.36. The van der Waals surface area contributed by atoms with Gasteiger partial charge in [-0.15, -0.1) is 0 Å². The van der Waals surface area contributed by atoms with Crippen LogP contribution in [0.3, 0.4) is 0 Å². The molecule has 3 amide bonds. The van der Waals surface area contributed by atoms with E-state index in [9.17, 15) is 14.4 Å². The van der Waals surface area contributed by atoms with Gasteiger partial charge in [0.25, 0.3) is 5.91 Å². The van der Waals surface area contributed by atoms with Gasteiger partial charge in [-0.25, -0.2) is 4.98 Å². The molecule has 2 aromatic carbocycles. The maximum absolute atomic E-state index is 12.5. The van der Waals surface area contributed by atoms with Gasteiger partial charge in [-0.3, -0.25) is 19.3 Å². The van der Waals surface area contributed by atoms with Crippen LogP contribution in [0.1, 0.15) is 21.5 Å². The van der Waals surface area contributed by atoms with Crippen molar-refractivity contribution < 1.29 is 14.4 Å². The highest BCUT2D eigenvalue weighted by Crippen LogP contribution is 2.28. The smallest absolute Gasteiger partial charge is 0.261 e. The monoisotopic (exact) mass is 365 g/mol. The van der Waals surface area contributed by atoms with Gasteiger partial charge in [-0.2, -0.15) is 0 Å². The predicted octanol–water partition coefficient (Wildman–Crippen LogP) is 2.77. The molecule has 130 valence electrons. The Labute approximate surface area is 153 Å². The average Bonchev–Trinajstić information content (AvgIpc) is 3.02. The first-order valence-corrected chi connectivity index (χ1v) is 8.93. The van der Waals surface area contributed by atoms with Crippen LogP contribution in [0.2, 0.25) is 0 Å². The van der Waals surface area contributed by atoms with Crippen LogP contribution in [0.25, 0.3) is 10.2 Å². The zero-order valence-corrected chi connectivity index (χ0v) is 14.8. The van der Waals surface area contributed by atoms with Gasteiger partial charge >= 0.3 is 0 Å². The predicted molar refractivity (Wildman–Crippen MR) is 99.2 cm³/mol. The zero-order valence-electron chi connectivity index (χ0n) is 14.0. The number of amides is 3. The summed E-state index contributed by atoms with van der Waals surface area (Å²) in [4.78, 5) is 42.5. The Morgan fingerprint density at radius 3 is 2.81 bits per heavy atom. The van der Waals surface area contributed by atoms with E-state index in [0.29, 0.717) is 16.3 Å². The Kier molecular flexibility index (Phi) is 4.00. The number of anilines is 1. The molecule has 0 aliphatic carbocycles. The van der Waals surface area contributed by atoms with Crippen LogP contribution in [0.5, 0.6) is 0 Å². The van der Waals surface area contributed by atoms with Gasteiger partial charge < -0.3 is 5.32 Å². The van der Waals surface area contributed by atoms with Crippen LogP contribution < -0.4 is 5.32 Å². The van der Waals surface area contributed by atoms with Gasteiger partial charge in [0, 0.05) is 5.56 Å². The third-order valence-electron chi connectivity index (χ3n) is 4.30. The average molecular weight is 365 g/mol. The second-order valence-electron chi connectivity index (χ2n) is 6.11. The maximum Gasteiger partial charge on any atom is 0.261 e. The van der Waals surface area contributed by atoms with Gasteiger partial charge in [-0.1, -0.05) is 41.7 Å². The standard InChI is InChI=1S/C19H15N3O3S/c1-11-5-4-8-14-17(11)21-19(26-14)20-15(23)10-22-16(24)9-12-6-2-3-7-13(12)18(22)25/h2-8H,9-10H2,1H3,(H,20,21,23). The second kappa shape index (κ2) is 6.34. The third kappa shape index (κ3) is 2.86. The van der Waals surface area contributed by atoms with Crippen molar-refractivity contribution in [3.05, 3.63) is 59.2 Å². The first-order chi connectivity index (χ1) is 12.5. The lowest BCUT2D eigenvalue weighted by Crippen LogP contribution is -2.46. The van der Waals surface area contributed by atoms with Crippen molar-refractivity contribution in [1.82, 2.24) is 9.88 Å². The summed E-state index contributed by atoms with van der Waals surface area (Å²) in [5.74, 6) is -1.25. The van der Waals surface area contributed by atoms with Gasteiger partial charge in [0.1, 0.15) is 6.54 Å². The molecule has 0 bridgehead atoms. The molecule has 26 heavy (non-hydrogen) atoms. The third-order valence-corrected chi connectivity index (χ3v) is 5.24. The molecule has 4 rings (SSSR count). The summed E-state index contributed by atoms with van der Waals surface area (Å²) in [6.07, 6.45) is 0.121. The number of benzene rings is 2. The number of thiazole rings is 1. The lowest BCUT2D eigenvalue weighted by molar-refractivity contribution is -0.131. The Balaban J connectivity index is 1.51. The van der Waals surface area contributed by atoms with Crippen LogP contribution in [0.15, 0.2) is 42.5 Å². The van der Waals surface area contributed by atoms with Crippen molar-refractivity contribution in [2.75, 3.05) is 11.9 Å². The molecule has 1 N–H and O–H groups in total. The summed E-state index contributed by atoms with van der Waals surface area (Å²) in [6.45, 7) is 1.64. The first-order valence-electron chi connectivity index (χ1n) is 8.11. The molecule has 0 unspecified atom stereocenters. The number of aromatic nitrogens is 1. The number of nitrogens with zero attached hydrogens (tertiary/aromatic N) is 2. The fourth-order valence-electron chi connectivity index (χ4n) is 3.00. The van der Waals surface area contributed by atoms with Crippen LogP contribution in [0.4, 0.5) is 5.13 Å². The highest BCUT2D eigenvalue weighted by Gasteiger charge is 2.32. The normalized spacial score (nSPS) is 13.8. The van der Waals surface area contributed by atoms with Crippen molar-refractivity contribution in [3.8, 4) is 0 Å². The number of hydrogen-bond donors (Lipinski definition) is 1. The van der Waals surface area contributed by atoms with E-state index in [4.69, 9.17) is 0 Å². The molecule has 1 aliphatic rings. The Morgan fingerprint density at radius 2 is 2.00 bits per heavy atom. The molecule has 7 heteroatoms. The second-order valence-corrected chi connectivity index (χ2v) is 7.14. The Bertz CT molecular complexity index is 1060. The largest absolute Gasteiger partial charge is 0.300 e. The lowest BCUT2D eigenvalue weighted by atomic mass is 9.98. The number of aryl methyl sites for hydroxylation is 1. The van der Waals surface area contributed by atoms with Crippen LogP contribution in [0, 0.1) is 6.92 Å². The van der Waals surface area contributed by atoms with Crippen LogP contribution >= 0.6 is 11.3 Å². The fraction of sp³-hybridized carbons (Fsp3) is 0.158. The first kappa shape index (κ1) is 16.4. The molecule has 0 spiro atoms. The van der Waals surface area contributed by atoms with E-state index in [2.05, 4.69) is 10.3 Å². The minimum Gasteiger partial charge on any atom is -0.300 e. The van der Waals surface area contributed by atoms with Crippen molar-refractivity contribution in [3.63, 3.8) is 0 Å². The van der Waals surface area contributed by atoms with Gasteiger partial charge in [-0.05, 0) is 30.2 Å². The molecule has 3 aromatic rings. The zero-order chi connectivity index (χ0) is 18.3. The molecular weight excluding hydrogens is 350 g/mol. The van der Waals surface area contributed by atoms with Crippen molar-refractivity contribution in [1.29, 1.82) is 0 Å². The molecule has 0 saturated heterocycles. The van der Waals surface area contributed by atoms with E-state index in [0.717, 1.165) is 20.7 Å². The summed E-state index contributed by atoms with van der Waals surface area (Å²) in [6, 6.07) is 12.8. The van der Waals surface area contributed by atoms with Crippen LogP contribution in [-0.2, 0) is 16.0 Å². The summed E-state index contributed by atoms with van der Waals surface area (Å²) in [5.41, 5.74) is 3.03. The van der Waals surface area contributed by atoms with E-state index < -0.39 is 11.8 Å². The summed E-state index contributed by atoms with van der Waals surface area (Å²) in [5, 5.41) is 3.15. The minimum absolute atomic E-state index is 0.121. The van der Waals surface area contributed by atoms with E-state index >= 15 is 0 Å². The molecule has 1 aliphatic heterocycles. The molecule has 2 heterocycles. The van der Waals surface area contributed by atoms with E-state index in [1.54, 1.807) is 24.3 Å². The number of hydrogen-bond acceptors (Lipinski definition) is 5. The molecule has 0 fully saturated rings. The molecule has 0 saturated carbocycles. The highest BCUT2D eigenvalue weighted by molar-refractivity contribution is 7.22. The van der Waals surface area contributed by atoms with Crippen molar-refractivity contribution in [2.24, 2.45) is 0 Å². The fourth-order valence-corrected chi connectivity index (χ4v) is 3.96. The van der Waals surface area contributed by atoms with E-state index in [1.807, 2.05) is 25.1 Å². The van der Waals surface area contributed by atoms with Crippen LogP contribution in [-0.4, -0.2) is 34.2 Å². The van der Waals surface area contributed by atoms with Crippen molar-refractivity contribution >= 4 is 44.4 Å². The lowest BCUT2D eigenvalue weighted by Gasteiger charge is -2.26. The number of rotatable bonds is 3. The molecule has 0 atom stereocenters. The number of carbonyl (C=O) groups excluding carboxylic acids is 3. The summed E-state index contributed by atoms with van der Waals surface area (Å²) in [7, 11) is 0. The van der Waals surface area contributed by atoms with Gasteiger partial charge in [0.05, 0.1) is 16.6 Å². The molecule has 0 radical (unpaired) electrons. The number of carbonyl (C=O) groups is 3. The van der Waals surface area contributed by atoms with Gasteiger partial charge in [0.2, 0.25) is 11.8 Å². The SMILES string of the molecule is Cc1cccc2sc(NC(=O)CN3C(=O)Cc4ccccc4C3=O)nc12. The number of para-hydroxylation sites is 1. The summed E-state index contributed by atoms with van der Waals surface area (Å²) < 4.78 is 0.972. The number of nitrogens with one attached hydrogen (secondary N) is 1. The minimum atomic E-state index is -0.442. The number of fused-ring (bicyclic) bond motifs is 2. The molecular formula is C19H15N3O3S.